The largest absolute Gasteiger partial charge is 0.261 e. The molecule has 122 valence electrons. The molecule has 0 spiro atoms. The van der Waals surface area contributed by atoms with E-state index < -0.39 is 0 Å². The molecule has 0 saturated heterocycles. The number of thiazole rings is 1. The zero-order valence-electron chi connectivity index (χ0n) is 13.8. The van der Waals surface area contributed by atoms with Gasteiger partial charge in [0.05, 0.1) is 11.9 Å². The fraction of sp³-hybridized carbons (Fsp3) is 0.158. The molecule has 24 heavy (non-hydrogen) atoms. The lowest BCUT2D eigenvalue weighted by molar-refractivity contribution is 0.628. The van der Waals surface area contributed by atoms with Crippen molar-refractivity contribution in [2.45, 2.75) is 13.8 Å². The summed E-state index contributed by atoms with van der Waals surface area (Å²) in [7, 11) is 1.75. The van der Waals surface area contributed by atoms with Crippen molar-refractivity contribution in [1.82, 2.24) is 4.68 Å². The molecule has 0 unspecified atom stereocenters. The first kappa shape index (κ1) is 16.3. The Labute approximate surface area is 144 Å². The van der Waals surface area contributed by atoms with Crippen molar-refractivity contribution in [3.8, 4) is 11.3 Å². The van der Waals surface area contributed by atoms with Gasteiger partial charge in [-0.1, -0.05) is 24.3 Å². The normalized spacial score (nSPS) is 12.2. The summed E-state index contributed by atoms with van der Waals surface area (Å²) in [6.07, 6.45) is 1.71. The van der Waals surface area contributed by atoms with Crippen LogP contribution in [0, 0.1) is 19.7 Å². The molecule has 0 aliphatic carbocycles. The van der Waals surface area contributed by atoms with Crippen molar-refractivity contribution in [3.63, 3.8) is 0 Å². The van der Waals surface area contributed by atoms with Crippen LogP contribution in [-0.4, -0.2) is 17.9 Å². The van der Waals surface area contributed by atoms with Gasteiger partial charge in [0.1, 0.15) is 5.82 Å². The van der Waals surface area contributed by atoms with Gasteiger partial charge >= 0.3 is 0 Å². The molecule has 0 aliphatic rings. The second-order valence-corrected chi connectivity index (χ2v) is 6.37. The molecule has 3 rings (SSSR count). The van der Waals surface area contributed by atoms with Crippen molar-refractivity contribution in [2.24, 2.45) is 10.1 Å². The molecule has 5 heteroatoms. The van der Waals surface area contributed by atoms with Crippen molar-refractivity contribution in [1.29, 1.82) is 0 Å². The van der Waals surface area contributed by atoms with Crippen molar-refractivity contribution >= 4 is 17.6 Å². The minimum Gasteiger partial charge on any atom is -0.261 e. The van der Waals surface area contributed by atoms with Crippen LogP contribution in [0.5, 0.6) is 0 Å². The minimum atomic E-state index is -0.254. The van der Waals surface area contributed by atoms with Gasteiger partial charge in [-0.2, -0.15) is 5.10 Å². The van der Waals surface area contributed by atoms with E-state index in [0.717, 1.165) is 21.6 Å². The maximum absolute atomic E-state index is 13.0. The third-order valence-corrected chi connectivity index (χ3v) is 4.78. The summed E-state index contributed by atoms with van der Waals surface area (Å²) in [6, 6.07) is 12.6. The Balaban J connectivity index is 2.05. The highest BCUT2D eigenvalue weighted by Gasteiger charge is 2.08. The van der Waals surface area contributed by atoms with Crippen LogP contribution in [-0.2, 0) is 0 Å². The summed E-state index contributed by atoms with van der Waals surface area (Å²) >= 11 is 1.54. The molecule has 0 amide bonds. The van der Waals surface area contributed by atoms with Crippen LogP contribution in [0.1, 0.15) is 16.7 Å². The van der Waals surface area contributed by atoms with Gasteiger partial charge in [0, 0.05) is 18.0 Å². The maximum Gasteiger partial charge on any atom is 0.205 e. The van der Waals surface area contributed by atoms with Crippen molar-refractivity contribution in [3.05, 3.63) is 75.2 Å². The van der Waals surface area contributed by atoms with Crippen molar-refractivity contribution < 1.29 is 4.39 Å². The number of hydrogen-bond donors (Lipinski definition) is 0. The third-order valence-electron chi connectivity index (χ3n) is 3.87. The van der Waals surface area contributed by atoms with E-state index in [1.807, 2.05) is 4.68 Å². The highest BCUT2D eigenvalue weighted by Crippen LogP contribution is 2.22. The summed E-state index contributed by atoms with van der Waals surface area (Å²) in [4.78, 5) is 5.10. The molecule has 0 saturated carbocycles. The van der Waals surface area contributed by atoms with Crippen molar-refractivity contribution in [2.75, 3.05) is 7.05 Å². The summed E-state index contributed by atoms with van der Waals surface area (Å²) < 4.78 is 14.8. The van der Waals surface area contributed by atoms with Gasteiger partial charge in [-0.15, -0.1) is 11.3 Å². The topological polar surface area (TPSA) is 29.6 Å². The zero-order chi connectivity index (χ0) is 17.1. The maximum atomic E-state index is 13.0. The Morgan fingerprint density at radius 1 is 1.04 bits per heavy atom. The SMILES string of the molecule is CN=c1scc(-c2ccc(C)c(C)c2)n1N=Cc1ccc(F)cc1. The highest BCUT2D eigenvalue weighted by molar-refractivity contribution is 7.07. The lowest BCUT2D eigenvalue weighted by Gasteiger charge is -2.06. The van der Waals surface area contributed by atoms with Gasteiger partial charge in [0.15, 0.2) is 0 Å². The molecule has 0 aliphatic heterocycles. The molecule has 1 aromatic heterocycles. The molecule has 0 fully saturated rings. The van der Waals surface area contributed by atoms with Crippen LogP contribution in [0.4, 0.5) is 4.39 Å². The van der Waals surface area contributed by atoms with Gasteiger partial charge in [-0.05, 0) is 48.7 Å². The van der Waals surface area contributed by atoms with Gasteiger partial charge in [0.2, 0.25) is 4.80 Å². The van der Waals surface area contributed by atoms with E-state index >= 15 is 0 Å². The number of aromatic nitrogens is 1. The lowest BCUT2D eigenvalue weighted by Crippen LogP contribution is -2.11. The van der Waals surface area contributed by atoms with Crippen LogP contribution in [0.15, 0.2) is 57.9 Å². The van der Waals surface area contributed by atoms with Crippen LogP contribution in [0.2, 0.25) is 0 Å². The first-order valence-corrected chi connectivity index (χ1v) is 8.47. The Hall–Kier alpha value is -2.53. The number of rotatable bonds is 3. The quantitative estimate of drug-likeness (QED) is 0.634. The lowest BCUT2D eigenvalue weighted by atomic mass is 10.1. The van der Waals surface area contributed by atoms with E-state index in [0.29, 0.717) is 0 Å². The molecule has 3 nitrogen and oxygen atoms in total. The van der Waals surface area contributed by atoms with E-state index in [4.69, 9.17) is 0 Å². The molecule has 0 atom stereocenters. The fourth-order valence-corrected chi connectivity index (χ4v) is 3.14. The molecule has 2 aromatic carbocycles. The van der Waals surface area contributed by atoms with E-state index in [1.165, 1.54) is 23.3 Å². The standard InChI is InChI=1S/C19H18FN3S/c1-13-4-7-16(10-14(13)2)18-12-24-19(21-3)23(18)22-11-15-5-8-17(20)9-6-15/h4-12H,1-3H3. The Bertz CT molecular complexity index is 949. The molecule has 1 heterocycles. The van der Waals surface area contributed by atoms with E-state index in [-0.39, 0.29) is 5.82 Å². The van der Waals surface area contributed by atoms with E-state index in [2.05, 4.69) is 47.5 Å². The minimum absolute atomic E-state index is 0.254. The fourth-order valence-electron chi connectivity index (χ4n) is 2.33. The molecule has 3 aromatic rings. The van der Waals surface area contributed by atoms with E-state index in [9.17, 15) is 4.39 Å². The zero-order valence-corrected chi connectivity index (χ0v) is 14.6. The number of nitrogens with zero attached hydrogens (tertiary/aromatic N) is 3. The first-order chi connectivity index (χ1) is 11.6. The Morgan fingerprint density at radius 2 is 1.79 bits per heavy atom. The summed E-state index contributed by atoms with van der Waals surface area (Å²) in [5.41, 5.74) is 5.42. The average Bonchev–Trinajstić information content (AvgIpc) is 3.00. The smallest absolute Gasteiger partial charge is 0.205 e. The summed E-state index contributed by atoms with van der Waals surface area (Å²) in [5.74, 6) is -0.254. The van der Waals surface area contributed by atoms with Crippen LogP contribution in [0.25, 0.3) is 11.3 Å². The molecular formula is C19H18FN3S. The van der Waals surface area contributed by atoms with Gasteiger partial charge in [0.25, 0.3) is 0 Å². The molecule has 0 radical (unpaired) electrons. The van der Waals surface area contributed by atoms with Gasteiger partial charge in [-0.25, -0.2) is 9.07 Å². The van der Waals surface area contributed by atoms with Gasteiger partial charge in [-0.3, -0.25) is 4.99 Å². The average molecular weight is 339 g/mol. The summed E-state index contributed by atoms with van der Waals surface area (Å²) in [5, 5.41) is 6.60. The number of benzene rings is 2. The monoisotopic (exact) mass is 339 g/mol. The van der Waals surface area contributed by atoms with Gasteiger partial charge < -0.3 is 0 Å². The second-order valence-electron chi connectivity index (χ2n) is 5.53. The number of aryl methyl sites for hydroxylation is 2. The predicted octanol–water partition coefficient (Wildman–Crippen LogP) is 4.39. The first-order valence-electron chi connectivity index (χ1n) is 7.59. The highest BCUT2D eigenvalue weighted by atomic mass is 32.1. The molecular weight excluding hydrogens is 321 g/mol. The second kappa shape index (κ2) is 6.93. The summed E-state index contributed by atoms with van der Waals surface area (Å²) in [6.45, 7) is 4.20. The third kappa shape index (κ3) is 3.36. The van der Waals surface area contributed by atoms with E-state index in [1.54, 1.807) is 36.7 Å². The molecule has 0 N–H and O–H groups in total. The molecule has 0 bridgehead atoms. The Kier molecular flexibility index (Phi) is 4.71. The Morgan fingerprint density at radius 3 is 2.46 bits per heavy atom. The number of halogens is 1. The van der Waals surface area contributed by atoms with Crippen LogP contribution >= 0.6 is 11.3 Å². The van der Waals surface area contributed by atoms with Crippen LogP contribution in [0.3, 0.4) is 0 Å². The number of hydrogen-bond acceptors (Lipinski definition) is 3. The van der Waals surface area contributed by atoms with Crippen LogP contribution < -0.4 is 4.80 Å². The predicted molar refractivity (Wildman–Crippen MR) is 98.1 cm³/mol.